The van der Waals surface area contributed by atoms with Crippen molar-refractivity contribution in [3.05, 3.63) is 58.7 Å². The molecular formula is C30H41N3O5. The van der Waals surface area contributed by atoms with Crippen LogP contribution in [0.2, 0.25) is 0 Å². The highest BCUT2D eigenvalue weighted by Gasteiger charge is 2.35. The average Bonchev–Trinajstić information content (AvgIpc) is 3.32. The standard InChI is InChI=1S/C30H41N3O5/c1-20-9-10-22(15-21(20)2)24-17-25(23-11-12-26(37-7)27(16-23)38-8)33(31-24)29(35)19-32(13-14-36-6)28(34)18-30(3,4)5/h9-12,15-16,25H,13-14,17-19H2,1-8H3/t25-/m0/s1. The van der Waals surface area contributed by atoms with Crippen LogP contribution in [-0.4, -0.2) is 68.5 Å². The number of ether oxygens (including phenoxy) is 3. The van der Waals surface area contributed by atoms with Gasteiger partial charge in [-0.25, -0.2) is 5.01 Å². The van der Waals surface area contributed by atoms with Crippen molar-refractivity contribution in [2.45, 2.75) is 53.5 Å². The Morgan fingerprint density at radius 2 is 1.71 bits per heavy atom. The van der Waals surface area contributed by atoms with E-state index < -0.39 is 0 Å². The van der Waals surface area contributed by atoms with Crippen molar-refractivity contribution in [2.75, 3.05) is 41.0 Å². The maximum absolute atomic E-state index is 13.8. The van der Waals surface area contributed by atoms with E-state index in [9.17, 15) is 9.59 Å². The molecule has 0 unspecified atom stereocenters. The smallest absolute Gasteiger partial charge is 0.262 e. The molecule has 1 aliphatic heterocycles. The molecule has 1 aliphatic rings. The Labute approximate surface area is 226 Å². The molecule has 0 bridgehead atoms. The zero-order chi connectivity index (χ0) is 28.0. The van der Waals surface area contributed by atoms with E-state index in [1.807, 2.05) is 45.0 Å². The first-order chi connectivity index (χ1) is 18.0. The topological polar surface area (TPSA) is 80.7 Å². The Morgan fingerprint density at radius 1 is 1.00 bits per heavy atom. The van der Waals surface area contributed by atoms with Crippen molar-refractivity contribution in [1.82, 2.24) is 9.91 Å². The second-order valence-corrected chi connectivity index (χ2v) is 11.0. The number of amides is 2. The van der Waals surface area contributed by atoms with Crippen LogP contribution in [0.25, 0.3) is 0 Å². The van der Waals surface area contributed by atoms with Gasteiger partial charge in [0.25, 0.3) is 5.91 Å². The maximum Gasteiger partial charge on any atom is 0.262 e. The zero-order valence-electron chi connectivity index (χ0n) is 24.0. The molecule has 0 N–H and O–H groups in total. The first-order valence-corrected chi connectivity index (χ1v) is 12.9. The molecular weight excluding hydrogens is 482 g/mol. The van der Waals surface area contributed by atoms with Crippen LogP contribution < -0.4 is 9.47 Å². The van der Waals surface area contributed by atoms with Crippen LogP contribution in [0.15, 0.2) is 41.5 Å². The van der Waals surface area contributed by atoms with Crippen LogP contribution >= 0.6 is 0 Å². The summed E-state index contributed by atoms with van der Waals surface area (Å²) in [6.07, 6.45) is 0.873. The monoisotopic (exact) mass is 523 g/mol. The summed E-state index contributed by atoms with van der Waals surface area (Å²) in [5, 5.41) is 6.34. The van der Waals surface area contributed by atoms with E-state index >= 15 is 0 Å². The molecule has 0 saturated heterocycles. The molecule has 206 valence electrons. The Kier molecular flexibility index (Phi) is 9.55. The zero-order valence-corrected chi connectivity index (χ0v) is 24.0. The van der Waals surface area contributed by atoms with Gasteiger partial charge in [-0.15, -0.1) is 0 Å². The van der Waals surface area contributed by atoms with Gasteiger partial charge < -0.3 is 19.1 Å². The van der Waals surface area contributed by atoms with Gasteiger partial charge in [-0.05, 0) is 59.7 Å². The molecule has 2 aromatic rings. The minimum absolute atomic E-state index is 0.0776. The van der Waals surface area contributed by atoms with Crippen LogP contribution in [-0.2, 0) is 14.3 Å². The van der Waals surface area contributed by atoms with E-state index in [0.717, 1.165) is 22.4 Å². The van der Waals surface area contributed by atoms with E-state index in [0.29, 0.717) is 37.5 Å². The summed E-state index contributed by atoms with van der Waals surface area (Å²) in [6, 6.07) is 11.5. The quantitative estimate of drug-likeness (QED) is 0.442. The van der Waals surface area contributed by atoms with Crippen molar-refractivity contribution in [2.24, 2.45) is 10.5 Å². The van der Waals surface area contributed by atoms with Crippen LogP contribution in [0, 0.1) is 19.3 Å². The number of nitrogens with zero attached hydrogens (tertiary/aromatic N) is 3. The summed E-state index contributed by atoms with van der Waals surface area (Å²) in [4.78, 5) is 28.5. The fourth-order valence-corrected chi connectivity index (χ4v) is 4.45. The SMILES string of the molecule is COCCN(CC(=O)N1N=C(c2ccc(C)c(C)c2)C[C@H]1c1ccc(OC)c(OC)c1)C(=O)CC(C)(C)C. The van der Waals surface area contributed by atoms with E-state index in [4.69, 9.17) is 19.3 Å². The van der Waals surface area contributed by atoms with Crippen molar-refractivity contribution >= 4 is 17.5 Å². The highest BCUT2D eigenvalue weighted by Crippen LogP contribution is 2.37. The Bertz CT molecular complexity index is 1180. The molecule has 8 heteroatoms. The van der Waals surface area contributed by atoms with Crippen molar-refractivity contribution in [3.63, 3.8) is 0 Å². The van der Waals surface area contributed by atoms with Crippen LogP contribution in [0.5, 0.6) is 11.5 Å². The average molecular weight is 524 g/mol. The van der Waals surface area contributed by atoms with Gasteiger partial charge in [0.15, 0.2) is 11.5 Å². The Balaban J connectivity index is 1.97. The molecule has 0 fully saturated rings. The van der Waals surface area contributed by atoms with Crippen molar-refractivity contribution in [3.8, 4) is 11.5 Å². The number of hydrogen-bond donors (Lipinski definition) is 0. The summed E-state index contributed by atoms with van der Waals surface area (Å²) in [5.74, 6) is 0.866. The number of rotatable bonds is 10. The first-order valence-electron chi connectivity index (χ1n) is 12.9. The predicted octanol–water partition coefficient (Wildman–Crippen LogP) is 4.91. The highest BCUT2D eigenvalue weighted by molar-refractivity contribution is 6.03. The molecule has 0 aliphatic carbocycles. The Hall–Kier alpha value is -3.39. The summed E-state index contributed by atoms with van der Waals surface area (Å²) >= 11 is 0. The van der Waals surface area contributed by atoms with Crippen LogP contribution in [0.4, 0.5) is 0 Å². The van der Waals surface area contributed by atoms with Crippen molar-refractivity contribution < 1.29 is 23.8 Å². The van der Waals surface area contributed by atoms with Gasteiger partial charge in [0.2, 0.25) is 5.91 Å². The number of carbonyl (C=O) groups excluding carboxylic acids is 2. The molecule has 1 heterocycles. The molecule has 0 saturated carbocycles. The molecule has 0 radical (unpaired) electrons. The van der Waals surface area contributed by atoms with Gasteiger partial charge in [0.1, 0.15) is 6.54 Å². The lowest BCUT2D eigenvalue weighted by Crippen LogP contribution is -2.43. The van der Waals surface area contributed by atoms with E-state index in [1.54, 1.807) is 26.2 Å². The lowest BCUT2D eigenvalue weighted by Gasteiger charge is -2.29. The second kappa shape index (κ2) is 12.4. The number of hydrazone groups is 1. The lowest BCUT2D eigenvalue weighted by atomic mass is 9.91. The summed E-state index contributed by atoms with van der Waals surface area (Å²) in [7, 11) is 4.76. The largest absolute Gasteiger partial charge is 0.493 e. The fraction of sp³-hybridized carbons (Fsp3) is 0.500. The fourth-order valence-electron chi connectivity index (χ4n) is 4.45. The van der Waals surface area contributed by atoms with Crippen LogP contribution in [0.3, 0.4) is 0 Å². The molecule has 2 amide bonds. The van der Waals surface area contributed by atoms with E-state index in [1.165, 1.54) is 10.6 Å². The van der Waals surface area contributed by atoms with E-state index in [-0.39, 0.29) is 29.8 Å². The third kappa shape index (κ3) is 7.13. The third-order valence-electron chi connectivity index (χ3n) is 6.72. The molecule has 2 aromatic carbocycles. The first kappa shape index (κ1) is 29.2. The molecule has 1 atom stereocenters. The minimum Gasteiger partial charge on any atom is -0.493 e. The number of benzene rings is 2. The normalized spacial score (nSPS) is 15.3. The molecule has 8 nitrogen and oxygen atoms in total. The molecule has 0 spiro atoms. The van der Waals surface area contributed by atoms with Gasteiger partial charge in [-0.2, -0.15) is 5.10 Å². The molecule has 38 heavy (non-hydrogen) atoms. The highest BCUT2D eigenvalue weighted by atomic mass is 16.5. The maximum atomic E-state index is 13.8. The second-order valence-electron chi connectivity index (χ2n) is 11.0. The number of methoxy groups -OCH3 is 3. The Morgan fingerprint density at radius 3 is 2.32 bits per heavy atom. The molecule has 3 rings (SSSR count). The van der Waals surface area contributed by atoms with Crippen LogP contribution in [0.1, 0.15) is 61.9 Å². The number of hydrogen-bond acceptors (Lipinski definition) is 6. The van der Waals surface area contributed by atoms with Gasteiger partial charge in [0, 0.05) is 26.5 Å². The number of aryl methyl sites for hydroxylation is 2. The number of carbonyl (C=O) groups is 2. The predicted molar refractivity (Wildman–Crippen MR) is 149 cm³/mol. The minimum atomic E-state index is -0.346. The third-order valence-corrected chi connectivity index (χ3v) is 6.72. The lowest BCUT2D eigenvalue weighted by molar-refractivity contribution is -0.143. The molecule has 0 aromatic heterocycles. The van der Waals surface area contributed by atoms with Gasteiger partial charge in [-0.1, -0.05) is 39.0 Å². The summed E-state index contributed by atoms with van der Waals surface area (Å²) in [6.45, 7) is 10.8. The van der Waals surface area contributed by atoms with E-state index in [2.05, 4.69) is 26.0 Å². The summed E-state index contributed by atoms with van der Waals surface area (Å²) < 4.78 is 16.2. The van der Waals surface area contributed by atoms with Crippen molar-refractivity contribution in [1.29, 1.82) is 0 Å². The van der Waals surface area contributed by atoms with Gasteiger partial charge in [0.05, 0.1) is 32.6 Å². The summed E-state index contributed by atoms with van der Waals surface area (Å²) in [5.41, 5.74) is 4.84. The van der Waals surface area contributed by atoms with Gasteiger partial charge in [-0.3, -0.25) is 9.59 Å². The van der Waals surface area contributed by atoms with Gasteiger partial charge >= 0.3 is 0 Å².